The number of piperazine rings is 1. The second-order valence-corrected chi connectivity index (χ2v) is 10.7. The van der Waals surface area contributed by atoms with Crippen LogP contribution in [0.2, 0.25) is 5.02 Å². The van der Waals surface area contributed by atoms with Crippen molar-refractivity contribution in [1.82, 2.24) is 4.31 Å². The first-order valence-electron chi connectivity index (χ1n) is 11.3. The van der Waals surface area contributed by atoms with Gasteiger partial charge in [-0.15, -0.1) is 0 Å². The average Bonchev–Trinajstić information content (AvgIpc) is 2.89. The van der Waals surface area contributed by atoms with Crippen LogP contribution < -0.4 is 15.0 Å². The Hall–Kier alpha value is -3.35. The van der Waals surface area contributed by atoms with Crippen LogP contribution in [0.4, 0.5) is 28.9 Å². The van der Waals surface area contributed by atoms with Crippen molar-refractivity contribution in [3.63, 3.8) is 0 Å². The lowest BCUT2D eigenvalue weighted by Gasteiger charge is -2.36. The number of carbonyl (C=O) groups is 1. The van der Waals surface area contributed by atoms with E-state index in [1.54, 1.807) is 13.2 Å². The number of benzene rings is 3. The van der Waals surface area contributed by atoms with E-state index in [2.05, 4.69) is 5.32 Å². The van der Waals surface area contributed by atoms with Gasteiger partial charge in [0.1, 0.15) is 11.6 Å². The van der Waals surface area contributed by atoms with E-state index in [9.17, 15) is 30.8 Å². The van der Waals surface area contributed by atoms with Gasteiger partial charge >= 0.3 is 6.18 Å². The molecule has 0 atom stereocenters. The molecule has 3 aromatic rings. The molecule has 38 heavy (non-hydrogen) atoms. The zero-order valence-electron chi connectivity index (χ0n) is 19.9. The van der Waals surface area contributed by atoms with Gasteiger partial charge in [0.25, 0.3) is 5.91 Å². The number of sulfonamides is 1. The SMILES string of the molecule is COc1ccccc1N1CCN(S(=O)(=O)c2ccc(F)c(C(=O)Nc3cc(C(F)(F)F)ccc3Cl)c2)CC1. The highest BCUT2D eigenvalue weighted by Gasteiger charge is 2.32. The first kappa shape index (κ1) is 27.7. The number of alkyl halides is 3. The molecule has 0 unspecified atom stereocenters. The number of amides is 1. The third-order valence-corrected chi connectivity index (χ3v) is 8.25. The summed E-state index contributed by atoms with van der Waals surface area (Å²) in [6, 6.07) is 12.3. The Kier molecular flexibility index (Phi) is 7.86. The first-order valence-corrected chi connectivity index (χ1v) is 13.1. The molecular weight excluding hydrogens is 550 g/mol. The summed E-state index contributed by atoms with van der Waals surface area (Å²) in [6.07, 6.45) is -4.70. The van der Waals surface area contributed by atoms with Crippen molar-refractivity contribution in [2.75, 3.05) is 43.5 Å². The number of hydrogen-bond donors (Lipinski definition) is 1. The van der Waals surface area contributed by atoms with Gasteiger partial charge in [-0.1, -0.05) is 23.7 Å². The van der Waals surface area contributed by atoms with Crippen molar-refractivity contribution in [2.45, 2.75) is 11.1 Å². The van der Waals surface area contributed by atoms with Crippen molar-refractivity contribution in [1.29, 1.82) is 0 Å². The zero-order chi connectivity index (χ0) is 27.7. The van der Waals surface area contributed by atoms with Gasteiger partial charge in [-0.2, -0.15) is 17.5 Å². The third-order valence-electron chi connectivity index (χ3n) is 6.03. The molecule has 7 nitrogen and oxygen atoms in total. The van der Waals surface area contributed by atoms with Crippen LogP contribution in [0.25, 0.3) is 0 Å². The van der Waals surface area contributed by atoms with E-state index < -0.39 is 44.7 Å². The smallest absolute Gasteiger partial charge is 0.416 e. The van der Waals surface area contributed by atoms with Crippen molar-refractivity contribution < 1.29 is 35.5 Å². The van der Waals surface area contributed by atoms with Crippen molar-refractivity contribution in [3.05, 3.63) is 82.6 Å². The Morgan fingerprint density at radius 2 is 1.68 bits per heavy atom. The molecule has 202 valence electrons. The molecule has 0 aromatic heterocycles. The fraction of sp³-hybridized carbons (Fsp3) is 0.240. The minimum Gasteiger partial charge on any atom is -0.495 e. The van der Waals surface area contributed by atoms with Crippen molar-refractivity contribution in [2.24, 2.45) is 0 Å². The molecule has 1 N–H and O–H groups in total. The Balaban J connectivity index is 1.53. The normalized spacial score (nSPS) is 14.8. The van der Waals surface area contributed by atoms with E-state index >= 15 is 0 Å². The van der Waals surface area contributed by atoms with Crippen LogP contribution in [0.15, 0.2) is 65.6 Å². The monoisotopic (exact) mass is 571 g/mol. The Labute approximate surface area is 221 Å². The molecule has 1 amide bonds. The maximum absolute atomic E-state index is 14.5. The number of hydrogen-bond acceptors (Lipinski definition) is 5. The molecule has 4 rings (SSSR count). The van der Waals surface area contributed by atoms with E-state index in [1.807, 2.05) is 23.1 Å². The molecule has 1 aliphatic rings. The van der Waals surface area contributed by atoms with Gasteiger partial charge in [-0.25, -0.2) is 12.8 Å². The quantitative estimate of drug-likeness (QED) is 0.408. The maximum Gasteiger partial charge on any atom is 0.416 e. The lowest BCUT2D eigenvalue weighted by atomic mass is 10.1. The van der Waals surface area contributed by atoms with E-state index in [4.69, 9.17) is 16.3 Å². The van der Waals surface area contributed by atoms with E-state index in [-0.39, 0.29) is 23.0 Å². The number of halogens is 5. The van der Waals surface area contributed by atoms with Gasteiger partial charge in [0.15, 0.2) is 0 Å². The molecule has 1 saturated heterocycles. The lowest BCUT2D eigenvalue weighted by molar-refractivity contribution is -0.137. The van der Waals surface area contributed by atoms with Crippen LogP contribution in [0, 0.1) is 5.82 Å². The highest BCUT2D eigenvalue weighted by Crippen LogP contribution is 2.34. The number of rotatable bonds is 6. The fourth-order valence-corrected chi connectivity index (χ4v) is 5.65. The second kappa shape index (κ2) is 10.8. The van der Waals surface area contributed by atoms with Gasteiger partial charge in [0, 0.05) is 26.2 Å². The van der Waals surface area contributed by atoms with Crippen molar-refractivity contribution >= 4 is 38.9 Å². The molecule has 3 aromatic carbocycles. The van der Waals surface area contributed by atoms with E-state index in [0.29, 0.717) is 24.9 Å². The summed E-state index contributed by atoms with van der Waals surface area (Å²) in [6.45, 7) is 0.975. The Bertz CT molecular complexity index is 1460. The van der Waals surface area contributed by atoms with Crippen molar-refractivity contribution in [3.8, 4) is 5.75 Å². The highest BCUT2D eigenvalue weighted by atomic mass is 35.5. The Morgan fingerprint density at radius 3 is 2.34 bits per heavy atom. The van der Waals surface area contributed by atoms with Crippen LogP contribution in [-0.2, 0) is 16.2 Å². The highest BCUT2D eigenvalue weighted by molar-refractivity contribution is 7.89. The van der Waals surface area contributed by atoms with Crippen LogP contribution in [-0.4, -0.2) is 51.9 Å². The molecule has 0 bridgehead atoms. The fourth-order valence-electron chi connectivity index (χ4n) is 4.04. The van der Waals surface area contributed by atoms with Gasteiger partial charge in [-0.05, 0) is 48.5 Å². The largest absolute Gasteiger partial charge is 0.495 e. The molecular formula is C25H22ClF4N3O4S. The predicted molar refractivity (Wildman–Crippen MR) is 135 cm³/mol. The number of para-hydroxylation sites is 2. The summed E-state index contributed by atoms with van der Waals surface area (Å²) in [7, 11) is -2.56. The van der Waals surface area contributed by atoms with Gasteiger partial charge in [-0.3, -0.25) is 4.79 Å². The van der Waals surface area contributed by atoms with Gasteiger partial charge in [0.2, 0.25) is 10.0 Å². The Morgan fingerprint density at radius 1 is 1.00 bits per heavy atom. The molecule has 0 radical (unpaired) electrons. The van der Waals surface area contributed by atoms with E-state index in [1.165, 1.54) is 4.31 Å². The number of nitrogens with zero attached hydrogens (tertiary/aromatic N) is 2. The van der Waals surface area contributed by atoms with Crippen LogP contribution in [0.3, 0.4) is 0 Å². The second-order valence-electron chi connectivity index (χ2n) is 8.35. The van der Waals surface area contributed by atoms with Crippen LogP contribution >= 0.6 is 11.6 Å². The minimum atomic E-state index is -4.70. The molecule has 1 heterocycles. The summed E-state index contributed by atoms with van der Waals surface area (Å²) in [4.78, 5) is 14.4. The lowest BCUT2D eigenvalue weighted by Crippen LogP contribution is -2.48. The summed E-state index contributed by atoms with van der Waals surface area (Å²) >= 11 is 5.91. The molecule has 1 aliphatic heterocycles. The topological polar surface area (TPSA) is 79.0 Å². The van der Waals surface area contributed by atoms with Gasteiger partial charge < -0.3 is 15.0 Å². The van der Waals surface area contributed by atoms with Gasteiger partial charge in [0.05, 0.1) is 39.5 Å². The van der Waals surface area contributed by atoms with Crippen LogP contribution in [0.5, 0.6) is 5.75 Å². The number of carbonyl (C=O) groups excluding carboxylic acids is 1. The molecule has 0 aliphatic carbocycles. The third kappa shape index (κ3) is 5.71. The molecule has 13 heteroatoms. The predicted octanol–water partition coefficient (Wildman–Crippen LogP) is 5.27. The van der Waals surface area contributed by atoms with Crippen LogP contribution in [0.1, 0.15) is 15.9 Å². The average molecular weight is 572 g/mol. The number of ether oxygens (including phenoxy) is 1. The van der Waals surface area contributed by atoms with E-state index in [0.717, 1.165) is 36.0 Å². The maximum atomic E-state index is 14.5. The molecule has 0 spiro atoms. The minimum absolute atomic E-state index is 0.124. The first-order chi connectivity index (χ1) is 17.9. The summed E-state index contributed by atoms with van der Waals surface area (Å²) in [5, 5.41) is 1.93. The number of methoxy groups -OCH3 is 1. The summed E-state index contributed by atoms with van der Waals surface area (Å²) in [5.74, 6) is -1.55. The number of nitrogens with one attached hydrogen (secondary N) is 1. The number of anilines is 2. The molecule has 0 saturated carbocycles. The standard InChI is InChI=1S/C25H22ClF4N3O4S/c1-37-23-5-3-2-4-22(23)32-10-12-33(13-11-32)38(35,36)17-7-9-20(27)18(15-17)24(34)31-21-14-16(25(28,29)30)6-8-19(21)26/h2-9,14-15H,10-13H2,1H3,(H,31,34). The summed E-state index contributed by atoms with van der Waals surface area (Å²) in [5.41, 5.74) is -1.30. The summed E-state index contributed by atoms with van der Waals surface area (Å²) < 4.78 is 86.8. The zero-order valence-corrected chi connectivity index (χ0v) is 21.5. The molecule has 1 fully saturated rings.